The lowest BCUT2D eigenvalue weighted by atomic mass is 10.1. The van der Waals surface area contributed by atoms with Gasteiger partial charge < -0.3 is 24.6 Å². The van der Waals surface area contributed by atoms with Gasteiger partial charge in [0.15, 0.2) is 0 Å². The Morgan fingerprint density at radius 1 is 0.824 bits per heavy atom. The monoisotopic (exact) mass is 463 g/mol. The molecule has 0 aliphatic carbocycles. The highest BCUT2D eigenvalue weighted by Gasteiger charge is 2.24. The molecular weight excluding hydrogens is 437 g/mol. The van der Waals surface area contributed by atoms with Gasteiger partial charge in [-0.2, -0.15) is 0 Å². The molecule has 7 nitrogen and oxygen atoms in total. The smallest absolute Gasteiger partial charge is 0.263 e. The molecule has 3 aromatic carbocycles. The fourth-order valence-electron chi connectivity index (χ4n) is 4.00. The number of benzene rings is 3. The van der Waals surface area contributed by atoms with E-state index in [0.717, 1.165) is 5.69 Å². The van der Waals surface area contributed by atoms with Crippen LogP contribution in [-0.2, 0) is 0 Å². The van der Waals surface area contributed by atoms with Crippen molar-refractivity contribution in [3.8, 4) is 11.5 Å². The normalized spacial score (nSPS) is 13.4. The lowest BCUT2D eigenvalue weighted by Gasteiger charge is -2.36. The number of rotatable bonds is 6. The zero-order valence-corrected chi connectivity index (χ0v) is 19.1. The van der Waals surface area contributed by atoms with Crippen LogP contribution >= 0.6 is 0 Å². The predicted molar refractivity (Wildman–Crippen MR) is 128 cm³/mol. The predicted octanol–water partition coefficient (Wildman–Crippen LogP) is 4.06. The van der Waals surface area contributed by atoms with Gasteiger partial charge in [0.05, 0.1) is 19.8 Å². The van der Waals surface area contributed by atoms with Gasteiger partial charge in [0.2, 0.25) is 0 Å². The number of carbonyl (C=O) groups is 2. The minimum Gasteiger partial charge on any atom is -0.496 e. The van der Waals surface area contributed by atoms with Crippen LogP contribution in [0.2, 0.25) is 0 Å². The van der Waals surface area contributed by atoms with Crippen LogP contribution in [-0.4, -0.2) is 57.1 Å². The molecule has 0 spiro atoms. The summed E-state index contributed by atoms with van der Waals surface area (Å²) < 4.78 is 24.6. The SMILES string of the molecule is COc1cccc(OC)c1C(=O)Nc1ccc(N2CCN(C(=O)c3ccccc3F)CC2)cc1. The summed E-state index contributed by atoms with van der Waals surface area (Å²) in [6.07, 6.45) is 0. The van der Waals surface area contributed by atoms with Crippen molar-refractivity contribution in [2.45, 2.75) is 0 Å². The van der Waals surface area contributed by atoms with Gasteiger partial charge in [-0.15, -0.1) is 0 Å². The second kappa shape index (κ2) is 10.2. The van der Waals surface area contributed by atoms with Crippen LogP contribution in [0.1, 0.15) is 20.7 Å². The molecule has 1 saturated heterocycles. The zero-order chi connectivity index (χ0) is 24.1. The van der Waals surface area contributed by atoms with Crippen LogP contribution in [0.25, 0.3) is 0 Å². The van der Waals surface area contributed by atoms with Crippen molar-refractivity contribution < 1.29 is 23.5 Å². The maximum atomic E-state index is 14.0. The first-order valence-corrected chi connectivity index (χ1v) is 10.9. The van der Waals surface area contributed by atoms with E-state index in [0.29, 0.717) is 48.9 Å². The number of anilines is 2. The number of carbonyl (C=O) groups excluding carboxylic acids is 2. The second-order valence-corrected chi connectivity index (χ2v) is 7.80. The molecule has 1 N–H and O–H groups in total. The molecule has 3 aromatic rings. The molecule has 34 heavy (non-hydrogen) atoms. The quantitative estimate of drug-likeness (QED) is 0.597. The van der Waals surface area contributed by atoms with Gasteiger partial charge in [-0.1, -0.05) is 18.2 Å². The van der Waals surface area contributed by atoms with E-state index in [2.05, 4.69) is 10.2 Å². The molecule has 0 radical (unpaired) electrons. The fourth-order valence-corrected chi connectivity index (χ4v) is 4.00. The highest BCUT2D eigenvalue weighted by molar-refractivity contribution is 6.08. The first-order valence-electron chi connectivity index (χ1n) is 10.9. The fraction of sp³-hybridized carbons (Fsp3) is 0.231. The van der Waals surface area contributed by atoms with Crippen molar-refractivity contribution in [1.29, 1.82) is 0 Å². The number of ether oxygens (including phenoxy) is 2. The van der Waals surface area contributed by atoms with Gasteiger partial charge in [0.1, 0.15) is 22.9 Å². The Bertz CT molecular complexity index is 1150. The third-order valence-corrected chi connectivity index (χ3v) is 5.82. The van der Waals surface area contributed by atoms with Gasteiger partial charge in [-0.25, -0.2) is 4.39 Å². The van der Waals surface area contributed by atoms with Crippen molar-refractivity contribution in [3.05, 3.63) is 83.7 Å². The summed E-state index contributed by atoms with van der Waals surface area (Å²) in [5.41, 5.74) is 2.04. The molecule has 1 aliphatic rings. The Hall–Kier alpha value is -4.07. The Balaban J connectivity index is 1.38. The number of amides is 2. The minimum absolute atomic E-state index is 0.0997. The number of methoxy groups -OCH3 is 2. The van der Waals surface area contributed by atoms with Gasteiger partial charge in [-0.3, -0.25) is 9.59 Å². The van der Waals surface area contributed by atoms with Gasteiger partial charge in [-0.05, 0) is 48.5 Å². The number of nitrogens with one attached hydrogen (secondary N) is 1. The molecule has 0 unspecified atom stereocenters. The van der Waals surface area contributed by atoms with Crippen molar-refractivity contribution >= 4 is 23.2 Å². The number of nitrogens with zero attached hydrogens (tertiary/aromatic N) is 2. The first kappa shape index (κ1) is 23.1. The van der Waals surface area contributed by atoms with E-state index in [4.69, 9.17) is 9.47 Å². The molecule has 0 atom stereocenters. The van der Waals surface area contributed by atoms with Gasteiger partial charge >= 0.3 is 0 Å². The molecule has 1 heterocycles. The topological polar surface area (TPSA) is 71.1 Å². The Labute approximate surface area is 197 Å². The molecule has 1 fully saturated rings. The standard InChI is InChI=1S/C26H26FN3O4/c1-33-22-8-5-9-23(34-2)24(22)25(31)28-18-10-12-19(13-11-18)29-14-16-30(17-15-29)26(32)20-6-3-4-7-21(20)27/h3-13H,14-17H2,1-2H3,(H,28,31). The van der Waals surface area contributed by atoms with E-state index in [-0.39, 0.29) is 17.4 Å². The largest absolute Gasteiger partial charge is 0.496 e. The van der Waals surface area contributed by atoms with E-state index >= 15 is 0 Å². The van der Waals surface area contributed by atoms with E-state index in [1.807, 2.05) is 24.3 Å². The summed E-state index contributed by atoms with van der Waals surface area (Å²) in [4.78, 5) is 29.3. The third kappa shape index (κ3) is 4.80. The summed E-state index contributed by atoms with van der Waals surface area (Å²) >= 11 is 0. The second-order valence-electron chi connectivity index (χ2n) is 7.80. The molecule has 0 bridgehead atoms. The summed E-state index contributed by atoms with van der Waals surface area (Å²) in [7, 11) is 3.01. The van der Waals surface area contributed by atoms with E-state index in [1.165, 1.54) is 26.4 Å². The molecule has 1 aliphatic heterocycles. The van der Waals surface area contributed by atoms with E-state index in [9.17, 15) is 14.0 Å². The highest BCUT2D eigenvalue weighted by Crippen LogP contribution is 2.29. The maximum absolute atomic E-state index is 14.0. The maximum Gasteiger partial charge on any atom is 0.263 e. The molecule has 8 heteroatoms. The Morgan fingerprint density at radius 3 is 2.03 bits per heavy atom. The van der Waals surface area contributed by atoms with Gasteiger partial charge in [0, 0.05) is 37.6 Å². The van der Waals surface area contributed by atoms with Crippen molar-refractivity contribution in [2.75, 3.05) is 50.6 Å². The third-order valence-electron chi connectivity index (χ3n) is 5.82. The van der Waals surface area contributed by atoms with Gasteiger partial charge in [0.25, 0.3) is 11.8 Å². The van der Waals surface area contributed by atoms with Crippen molar-refractivity contribution in [3.63, 3.8) is 0 Å². The Kier molecular flexibility index (Phi) is 6.96. The molecule has 0 saturated carbocycles. The van der Waals surface area contributed by atoms with Crippen molar-refractivity contribution in [2.24, 2.45) is 0 Å². The summed E-state index contributed by atoms with van der Waals surface area (Å²) in [5, 5.41) is 2.88. The summed E-state index contributed by atoms with van der Waals surface area (Å²) in [6, 6.07) is 18.7. The molecule has 0 aromatic heterocycles. The van der Waals surface area contributed by atoms with E-state index in [1.54, 1.807) is 35.2 Å². The first-order chi connectivity index (χ1) is 16.5. The number of hydrogen-bond acceptors (Lipinski definition) is 5. The molecular formula is C26H26FN3O4. The number of hydrogen-bond donors (Lipinski definition) is 1. The average Bonchev–Trinajstić information content (AvgIpc) is 2.88. The van der Waals surface area contributed by atoms with Crippen LogP contribution in [0.3, 0.4) is 0 Å². The van der Waals surface area contributed by atoms with Crippen LogP contribution in [0.5, 0.6) is 11.5 Å². The molecule has 2 amide bonds. The zero-order valence-electron chi connectivity index (χ0n) is 19.1. The van der Waals surface area contributed by atoms with Crippen LogP contribution in [0, 0.1) is 5.82 Å². The number of piperazine rings is 1. The number of halogens is 1. The minimum atomic E-state index is -0.502. The molecule has 176 valence electrons. The average molecular weight is 464 g/mol. The summed E-state index contributed by atoms with van der Waals surface area (Å²) in [5.74, 6) is -0.268. The van der Waals surface area contributed by atoms with Crippen LogP contribution in [0.4, 0.5) is 15.8 Å². The van der Waals surface area contributed by atoms with E-state index < -0.39 is 5.82 Å². The van der Waals surface area contributed by atoms with Crippen LogP contribution < -0.4 is 19.7 Å². The molecule has 4 rings (SSSR count). The van der Waals surface area contributed by atoms with Crippen molar-refractivity contribution in [1.82, 2.24) is 4.90 Å². The lowest BCUT2D eigenvalue weighted by Crippen LogP contribution is -2.49. The summed E-state index contributed by atoms with van der Waals surface area (Å²) in [6.45, 7) is 2.26. The highest BCUT2D eigenvalue weighted by atomic mass is 19.1. The van der Waals surface area contributed by atoms with Crippen LogP contribution in [0.15, 0.2) is 66.7 Å². The Morgan fingerprint density at radius 2 is 1.44 bits per heavy atom. The lowest BCUT2D eigenvalue weighted by molar-refractivity contribution is 0.0742.